The van der Waals surface area contributed by atoms with Gasteiger partial charge in [-0.2, -0.15) is 0 Å². The minimum absolute atomic E-state index is 0.0824. The largest absolute Gasteiger partial charge is 0.375 e. The molecule has 17 heavy (non-hydrogen) atoms. The Morgan fingerprint density at radius 2 is 2.29 bits per heavy atom. The molecule has 1 spiro atoms. The highest BCUT2D eigenvalue weighted by atomic mass is 16.5. The number of hydrogen-bond acceptors (Lipinski definition) is 4. The smallest absolute Gasteiger partial charge is 0.231 e. The Hall–Kier alpha value is -0.650. The molecule has 2 rings (SSSR count). The summed E-state index contributed by atoms with van der Waals surface area (Å²) in [6.07, 6.45) is 1.99. The predicted molar refractivity (Wildman–Crippen MR) is 65.6 cm³/mol. The fourth-order valence-corrected chi connectivity index (χ4v) is 3.16. The van der Waals surface area contributed by atoms with Crippen molar-refractivity contribution >= 4 is 5.91 Å². The van der Waals surface area contributed by atoms with Crippen molar-refractivity contribution in [3.63, 3.8) is 0 Å². The highest BCUT2D eigenvalue weighted by molar-refractivity contribution is 5.75. The summed E-state index contributed by atoms with van der Waals surface area (Å²) in [5.41, 5.74) is 5.28. The van der Waals surface area contributed by atoms with E-state index in [1.165, 1.54) is 0 Å². The summed E-state index contributed by atoms with van der Waals surface area (Å²) in [4.78, 5) is 13.2. The van der Waals surface area contributed by atoms with Crippen LogP contribution in [0.3, 0.4) is 0 Å². The molecule has 0 aromatic heterocycles. The van der Waals surface area contributed by atoms with E-state index in [0.29, 0.717) is 6.54 Å². The highest BCUT2D eigenvalue weighted by Gasteiger charge is 2.43. The van der Waals surface area contributed by atoms with Crippen LogP contribution in [0.5, 0.6) is 0 Å². The molecule has 5 heteroatoms. The average molecular weight is 241 g/mol. The first kappa shape index (κ1) is 12.8. The molecule has 0 aliphatic carbocycles. The molecule has 0 unspecified atom stereocenters. The van der Waals surface area contributed by atoms with Crippen molar-refractivity contribution in [3.8, 4) is 0 Å². The molecule has 98 valence electrons. The Morgan fingerprint density at radius 3 is 2.94 bits per heavy atom. The molecule has 3 N–H and O–H groups in total. The topological polar surface area (TPSA) is 67.6 Å². The molecule has 0 bridgehead atoms. The maximum Gasteiger partial charge on any atom is 0.231 e. The van der Waals surface area contributed by atoms with Gasteiger partial charge in [0.15, 0.2) is 0 Å². The molecule has 1 atom stereocenters. The van der Waals surface area contributed by atoms with Gasteiger partial charge in [0.25, 0.3) is 0 Å². The zero-order valence-corrected chi connectivity index (χ0v) is 10.8. The molecule has 2 aliphatic heterocycles. The van der Waals surface area contributed by atoms with Gasteiger partial charge in [0.2, 0.25) is 5.91 Å². The number of nitrogens with two attached hydrogens (primary N) is 1. The molecule has 2 fully saturated rings. The second-order valence-corrected chi connectivity index (χ2v) is 5.92. The fraction of sp³-hybridized carbons (Fsp3) is 0.917. The van der Waals surface area contributed by atoms with E-state index in [2.05, 4.69) is 24.1 Å². The molecule has 2 aliphatic rings. The Morgan fingerprint density at radius 1 is 1.53 bits per heavy atom. The maximum absolute atomic E-state index is 11.0. The number of carbonyl (C=O) groups excluding carboxylic acids is 1. The van der Waals surface area contributed by atoms with Crippen molar-refractivity contribution in [1.82, 2.24) is 10.2 Å². The lowest BCUT2D eigenvalue weighted by molar-refractivity contribution is -0.121. The van der Waals surface area contributed by atoms with Crippen LogP contribution in [0.1, 0.15) is 26.7 Å². The Kier molecular flexibility index (Phi) is 3.43. The van der Waals surface area contributed by atoms with Crippen LogP contribution in [0.15, 0.2) is 0 Å². The van der Waals surface area contributed by atoms with Crippen LogP contribution in [-0.2, 0) is 9.53 Å². The van der Waals surface area contributed by atoms with Gasteiger partial charge in [-0.25, -0.2) is 0 Å². The maximum atomic E-state index is 11.0. The Balaban J connectivity index is 2.02. The van der Waals surface area contributed by atoms with Crippen LogP contribution in [-0.4, -0.2) is 54.7 Å². The van der Waals surface area contributed by atoms with Crippen molar-refractivity contribution in [2.75, 3.05) is 32.8 Å². The third kappa shape index (κ3) is 3.18. The quantitative estimate of drug-likeness (QED) is 0.697. The van der Waals surface area contributed by atoms with E-state index in [1.54, 1.807) is 0 Å². The molecule has 1 amide bonds. The second-order valence-electron chi connectivity index (χ2n) is 5.92. The zero-order chi connectivity index (χ0) is 12.5. The van der Waals surface area contributed by atoms with Gasteiger partial charge in [-0.05, 0) is 26.7 Å². The number of nitrogens with zero attached hydrogens (tertiary/aromatic N) is 1. The number of hydrogen-bond donors (Lipinski definition) is 2. The first-order valence-electron chi connectivity index (χ1n) is 6.31. The molecule has 0 aromatic rings. The molecule has 2 saturated heterocycles. The van der Waals surface area contributed by atoms with Crippen LogP contribution in [0.2, 0.25) is 0 Å². The van der Waals surface area contributed by atoms with Gasteiger partial charge in [0.1, 0.15) is 0 Å². The molecule has 0 saturated carbocycles. The van der Waals surface area contributed by atoms with Gasteiger partial charge >= 0.3 is 0 Å². The van der Waals surface area contributed by atoms with E-state index < -0.39 is 0 Å². The highest BCUT2D eigenvalue weighted by Crippen LogP contribution is 2.33. The van der Waals surface area contributed by atoms with Crippen LogP contribution in [0, 0.1) is 0 Å². The summed E-state index contributed by atoms with van der Waals surface area (Å²) in [5.74, 6) is -0.242. The summed E-state index contributed by atoms with van der Waals surface area (Å²) in [7, 11) is 0. The average Bonchev–Trinajstić information content (AvgIpc) is 2.13. The van der Waals surface area contributed by atoms with E-state index in [0.717, 1.165) is 39.1 Å². The van der Waals surface area contributed by atoms with Gasteiger partial charge < -0.3 is 15.8 Å². The SMILES string of the molecule is CC1(C)C[C@@]2(CCO1)CN(CC(N)=O)CCN2. The van der Waals surface area contributed by atoms with Crippen LogP contribution in [0.25, 0.3) is 0 Å². The summed E-state index contributed by atoms with van der Waals surface area (Å²) in [6, 6.07) is 0. The first-order chi connectivity index (χ1) is 7.91. The van der Waals surface area contributed by atoms with E-state index in [1.807, 2.05) is 0 Å². The van der Waals surface area contributed by atoms with E-state index in [-0.39, 0.29) is 17.0 Å². The van der Waals surface area contributed by atoms with Gasteiger partial charge in [-0.1, -0.05) is 0 Å². The summed E-state index contributed by atoms with van der Waals surface area (Å²) in [5, 5.41) is 3.62. The van der Waals surface area contributed by atoms with Gasteiger partial charge in [-0.3, -0.25) is 9.69 Å². The number of ether oxygens (including phenoxy) is 1. The number of carbonyl (C=O) groups is 1. The van der Waals surface area contributed by atoms with Crippen molar-refractivity contribution in [2.24, 2.45) is 5.73 Å². The third-order valence-corrected chi connectivity index (χ3v) is 3.67. The second kappa shape index (κ2) is 4.55. The number of nitrogens with one attached hydrogen (secondary N) is 1. The van der Waals surface area contributed by atoms with Gasteiger partial charge in [0, 0.05) is 31.8 Å². The third-order valence-electron chi connectivity index (χ3n) is 3.67. The van der Waals surface area contributed by atoms with Gasteiger partial charge in [-0.15, -0.1) is 0 Å². The van der Waals surface area contributed by atoms with Gasteiger partial charge in [0.05, 0.1) is 12.1 Å². The van der Waals surface area contributed by atoms with Crippen molar-refractivity contribution in [2.45, 2.75) is 37.8 Å². The van der Waals surface area contributed by atoms with E-state index >= 15 is 0 Å². The number of amides is 1. The monoisotopic (exact) mass is 241 g/mol. The molecule has 0 radical (unpaired) electrons. The Bertz CT molecular complexity index is 302. The lowest BCUT2D eigenvalue weighted by Gasteiger charge is -2.50. The summed E-state index contributed by atoms with van der Waals surface area (Å²) >= 11 is 0. The fourth-order valence-electron chi connectivity index (χ4n) is 3.16. The van der Waals surface area contributed by atoms with Crippen molar-refractivity contribution < 1.29 is 9.53 Å². The summed E-state index contributed by atoms with van der Waals surface area (Å²) < 4.78 is 5.76. The zero-order valence-electron chi connectivity index (χ0n) is 10.8. The molecule has 5 nitrogen and oxygen atoms in total. The minimum atomic E-state index is -0.242. The van der Waals surface area contributed by atoms with Crippen LogP contribution >= 0.6 is 0 Å². The molecule has 0 aromatic carbocycles. The lowest BCUT2D eigenvalue weighted by Crippen LogP contribution is -2.65. The van der Waals surface area contributed by atoms with Crippen molar-refractivity contribution in [3.05, 3.63) is 0 Å². The lowest BCUT2D eigenvalue weighted by atomic mass is 9.80. The summed E-state index contributed by atoms with van der Waals surface area (Å²) in [6.45, 7) is 8.11. The van der Waals surface area contributed by atoms with Crippen LogP contribution < -0.4 is 11.1 Å². The minimum Gasteiger partial charge on any atom is -0.375 e. The number of piperazine rings is 1. The number of rotatable bonds is 2. The molecule has 2 heterocycles. The molecular weight excluding hydrogens is 218 g/mol. The number of primary amides is 1. The van der Waals surface area contributed by atoms with Crippen LogP contribution in [0.4, 0.5) is 0 Å². The molecular formula is C12H23N3O2. The van der Waals surface area contributed by atoms with Crippen molar-refractivity contribution in [1.29, 1.82) is 0 Å². The standard InChI is InChI=1S/C12H23N3O2/c1-11(2)8-12(3-6-17-11)9-15(5-4-14-12)7-10(13)16/h14H,3-9H2,1-2H3,(H2,13,16)/t12-/m0/s1. The Labute approximate surface area is 103 Å². The van der Waals surface area contributed by atoms with E-state index in [4.69, 9.17) is 10.5 Å². The normalized spacial score (nSPS) is 33.8. The predicted octanol–water partition coefficient (Wildman–Crippen LogP) is -0.295. The van der Waals surface area contributed by atoms with E-state index in [9.17, 15) is 4.79 Å². The first-order valence-corrected chi connectivity index (χ1v) is 6.31.